The molecule has 0 bridgehead atoms. The number of ether oxygens (including phenoxy) is 1. The molecule has 5 nitrogen and oxygen atoms in total. The first-order valence-corrected chi connectivity index (χ1v) is 12.4. The molecule has 2 amide bonds. The SMILES string of the molecule is [CH2]C1=C(c2cccc3ccccc23)N(C(=O)N(C)CCOC)CN1CCc1cccc2ccccc12. The Kier molecular flexibility index (Phi) is 6.92. The van der Waals surface area contributed by atoms with Gasteiger partial charge in [-0.25, -0.2) is 4.79 Å². The minimum atomic E-state index is -0.0520. The number of rotatable bonds is 7. The monoisotopic (exact) mass is 478 g/mol. The maximum Gasteiger partial charge on any atom is 0.325 e. The van der Waals surface area contributed by atoms with E-state index in [1.54, 1.807) is 12.0 Å². The molecule has 1 radical (unpaired) electrons. The standard InChI is InChI=1S/C31H32N3O2/c1-23-30(29-17-9-14-25-11-5-7-16-28(25)29)34(31(35)32(2)20-21-36-3)22-33(23)19-18-26-13-8-12-24-10-4-6-15-27(24)26/h4-17H,1,18-22H2,2-3H3. The number of allylic oxidation sites excluding steroid dienone is 1. The minimum absolute atomic E-state index is 0.0520. The van der Waals surface area contributed by atoms with Gasteiger partial charge in [-0.1, -0.05) is 84.9 Å². The molecular weight excluding hydrogens is 446 g/mol. The van der Waals surface area contributed by atoms with Crippen molar-refractivity contribution in [3.8, 4) is 0 Å². The Morgan fingerprint density at radius 1 is 0.917 bits per heavy atom. The highest BCUT2D eigenvalue weighted by atomic mass is 16.5. The molecule has 5 rings (SSSR count). The third-order valence-corrected chi connectivity index (χ3v) is 7.00. The van der Waals surface area contributed by atoms with Crippen LogP contribution >= 0.6 is 0 Å². The van der Waals surface area contributed by atoms with E-state index in [0.717, 1.165) is 40.7 Å². The van der Waals surface area contributed by atoms with Gasteiger partial charge in [0, 0.05) is 38.5 Å². The van der Waals surface area contributed by atoms with Crippen LogP contribution in [0.25, 0.3) is 27.2 Å². The molecule has 183 valence electrons. The first-order chi connectivity index (χ1) is 17.6. The second kappa shape index (κ2) is 10.4. The fourth-order valence-corrected chi connectivity index (χ4v) is 5.02. The predicted molar refractivity (Wildman–Crippen MR) is 147 cm³/mol. The summed E-state index contributed by atoms with van der Waals surface area (Å²) in [6.45, 7) is 6.74. The molecule has 0 saturated heterocycles. The van der Waals surface area contributed by atoms with Crippen LogP contribution in [0.1, 0.15) is 11.1 Å². The van der Waals surface area contributed by atoms with Crippen LogP contribution in [-0.2, 0) is 11.2 Å². The summed E-state index contributed by atoms with van der Waals surface area (Å²) in [5, 5.41) is 4.78. The number of methoxy groups -OCH3 is 1. The van der Waals surface area contributed by atoms with Crippen molar-refractivity contribution in [3.05, 3.63) is 109 Å². The van der Waals surface area contributed by atoms with Crippen LogP contribution in [0.4, 0.5) is 4.79 Å². The summed E-state index contributed by atoms with van der Waals surface area (Å²) in [5.74, 6) is 0. The van der Waals surface area contributed by atoms with E-state index >= 15 is 0 Å². The molecule has 0 spiro atoms. The van der Waals surface area contributed by atoms with E-state index in [4.69, 9.17) is 4.74 Å². The van der Waals surface area contributed by atoms with Crippen molar-refractivity contribution >= 4 is 33.3 Å². The molecule has 0 saturated carbocycles. The molecule has 1 aliphatic rings. The Hall–Kier alpha value is -3.83. The Bertz CT molecular complexity index is 1420. The van der Waals surface area contributed by atoms with E-state index in [1.807, 2.05) is 30.1 Å². The van der Waals surface area contributed by atoms with Crippen molar-refractivity contribution in [2.24, 2.45) is 0 Å². The van der Waals surface area contributed by atoms with Gasteiger partial charge in [0.2, 0.25) is 0 Å². The molecule has 1 aliphatic heterocycles. The summed E-state index contributed by atoms with van der Waals surface area (Å²) in [6, 6.07) is 29.4. The van der Waals surface area contributed by atoms with E-state index in [0.29, 0.717) is 19.8 Å². The van der Waals surface area contributed by atoms with Gasteiger partial charge in [0.05, 0.1) is 19.0 Å². The van der Waals surface area contributed by atoms with Crippen LogP contribution in [-0.4, -0.2) is 61.3 Å². The average Bonchev–Trinajstić information content (AvgIpc) is 3.25. The third-order valence-electron chi connectivity index (χ3n) is 7.00. The lowest BCUT2D eigenvalue weighted by Gasteiger charge is -2.28. The number of benzene rings is 4. The van der Waals surface area contributed by atoms with Gasteiger partial charge in [-0.3, -0.25) is 4.90 Å². The zero-order valence-electron chi connectivity index (χ0n) is 21.0. The van der Waals surface area contributed by atoms with E-state index in [1.165, 1.54) is 16.3 Å². The number of fused-ring (bicyclic) bond motifs is 2. The Morgan fingerprint density at radius 2 is 1.56 bits per heavy atom. The summed E-state index contributed by atoms with van der Waals surface area (Å²) in [4.78, 5) is 19.4. The van der Waals surface area contributed by atoms with Gasteiger partial charge in [-0.15, -0.1) is 0 Å². The van der Waals surface area contributed by atoms with E-state index in [2.05, 4.69) is 78.6 Å². The molecule has 36 heavy (non-hydrogen) atoms. The maximum atomic E-state index is 13.6. The zero-order valence-corrected chi connectivity index (χ0v) is 21.0. The van der Waals surface area contributed by atoms with Crippen molar-refractivity contribution in [2.45, 2.75) is 6.42 Å². The van der Waals surface area contributed by atoms with E-state index in [9.17, 15) is 4.79 Å². The fourth-order valence-electron chi connectivity index (χ4n) is 5.02. The average molecular weight is 479 g/mol. The van der Waals surface area contributed by atoms with Gasteiger partial charge in [0.15, 0.2) is 0 Å². The Balaban J connectivity index is 1.50. The van der Waals surface area contributed by atoms with Crippen LogP contribution in [0.5, 0.6) is 0 Å². The van der Waals surface area contributed by atoms with Crippen molar-refractivity contribution in [3.63, 3.8) is 0 Å². The molecule has 0 fully saturated rings. The highest BCUT2D eigenvalue weighted by Crippen LogP contribution is 2.36. The van der Waals surface area contributed by atoms with Gasteiger partial charge < -0.3 is 14.5 Å². The lowest BCUT2D eigenvalue weighted by atomic mass is 10.0. The number of carbonyl (C=O) groups excluding carboxylic acids is 1. The molecule has 0 unspecified atom stereocenters. The van der Waals surface area contributed by atoms with Crippen LogP contribution in [0, 0.1) is 6.92 Å². The summed E-state index contributed by atoms with van der Waals surface area (Å²) in [5.41, 5.74) is 4.08. The molecule has 5 heteroatoms. The number of nitrogens with zero attached hydrogens (tertiary/aromatic N) is 3. The normalized spacial score (nSPS) is 13.8. The number of amides is 2. The number of carbonyl (C=O) groups is 1. The van der Waals surface area contributed by atoms with Gasteiger partial charge in [0.25, 0.3) is 0 Å². The predicted octanol–water partition coefficient (Wildman–Crippen LogP) is 6.01. The lowest BCUT2D eigenvalue weighted by Crippen LogP contribution is -2.42. The molecular formula is C31H32N3O2. The van der Waals surface area contributed by atoms with Crippen molar-refractivity contribution in [2.75, 3.05) is 40.5 Å². The molecule has 0 N–H and O–H groups in total. The van der Waals surface area contributed by atoms with Crippen LogP contribution in [0.3, 0.4) is 0 Å². The van der Waals surface area contributed by atoms with Crippen LogP contribution < -0.4 is 0 Å². The van der Waals surface area contributed by atoms with Crippen LogP contribution in [0.2, 0.25) is 0 Å². The first-order valence-electron chi connectivity index (χ1n) is 12.4. The van der Waals surface area contributed by atoms with Gasteiger partial charge in [-0.2, -0.15) is 0 Å². The summed E-state index contributed by atoms with van der Waals surface area (Å²) < 4.78 is 5.21. The topological polar surface area (TPSA) is 36.0 Å². The number of hydrogen-bond acceptors (Lipinski definition) is 3. The van der Waals surface area contributed by atoms with E-state index in [-0.39, 0.29) is 6.03 Å². The van der Waals surface area contributed by atoms with Gasteiger partial charge in [0.1, 0.15) is 0 Å². The van der Waals surface area contributed by atoms with Crippen molar-refractivity contribution < 1.29 is 9.53 Å². The van der Waals surface area contributed by atoms with Crippen LogP contribution in [0.15, 0.2) is 90.6 Å². The van der Waals surface area contributed by atoms with Gasteiger partial charge >= 0.3 is 6.03 Å². The lowest BCUT2D eigenvalue weighted by molar-refractivity contribution is 0.142. The molecule has 0 atom stereocenters. The molecule has 0 aromatic heterocycles. The number of hydrogen-bond donors (Lipinski definition) is 0. The third kappa shape index (κ3) is 4.54. The molecule has 0 aliphatic carbocycles. The quantitative estimate of drug-likeness (QED) is 0.326. The second-order valence-electron chi connectivity index (χ2n) is 9.24. The molecule has 1 heterocycles. The highest BCUT2D eigenvalue weighted by Gasteiger charge is 2.33. The highest BCUT2D eigenvalue weighted by molar-refractivity contribution is 5.98. The first kappa shape index (κ1) is 23.9. The molecule has 4 aromatic carbocycles. The summed E-state index contributed by atoms with van der Waals surface area (Å²) in [7, 11) is 3.47. The Labute approximate surface area is 213 Å². The van der Waals surface area contributed by atoms with Crippen molar-refractivity contribution in [1.29, 1.82) is 0 Å². The van der Waals surface area contributed by atoms with E-state index < -0.39 is 0 Å². The minimum Gasteiger partial charge on any atom is -0.383 e. The largest absolute Gasteiger partial charge is 0.383 e. The summed E-state index contributed by atoms with van der Waals surface area (Å²) >= 11 is 0. The molecule has 4 aromatic rings. The smallest absolute Gasteiger partial charge is 0.325 e. The zero-order chi connectivity index (χ0) is 25.1. The Morgan fingerprint density at radius 3 is 2.31 bits per heavy atom. The number of likely N-dealkylation sites (N-methyl/N-ethyl adjacent to an activating group) is 1. The van der Waals surface area contributed by atoms with Crippen molar-refractivity contribution in [1.82, 2.24) is 14.7 Å². The summed E-state index contributed by atoms with van der Waals surface area (Å²) in [6.07, 6.45) is 0.866. The van der Waals surface area contributed by atoms with Gasteiger partial charge in [-0.05, 0) is 40.5 Å². The fraction of sp³-hybridized carbons (Fsp3) is 0.226. The maximum absolute atomic E-state index is 13.6. The second-order valence-corrected chi connectivity index (χ2v) is 9.24. The number of urea groups is 1.